The first-order chi connectivity index (χ1) is 8.69. The van der Waals surface area contributed by atoms with Crippen molar-refractivity contribution in [3.8, 4) is 0 Å². The molecular weight excluding hydrogens is 224 g/mol. The maximum Gasteiger partial charge on any atom is 0.219 e. The third kappa shape index (κ3) is 4.88. The summed E-state index contributed by atoms with van der Waals surface area (Å²) in [6.07, 6.45) is 0.542. The molecule has 1 N–H and O–H groups in total. The Morgan fingerprint density at radius 3 is 2.11 bits per heavy atom. The van der Waals surface area contributed by atoms with E-state index in [4.69, 9.17) is 0 Å². The van der Waals surface area contributed by atoms with Crippen LogP contribution in [0.1, 0.15) is 38.3 Å². The Kier molecular flexibility index (Phi) is 6.44. The third-order valence-corrected chi connectivity index (χ3v) is 3.13. The van der Waals surface area contributed by atoms with Crippen molar-refractivity contribution in [2.45, 2.75) is 40.3 Å². The molecule has 0 saturated carbocycles. The molecule has 0 unspecified atom stereocenters. The highest BCUT2D eigenvalue weighted by Crippen LogP contribution is 2.07. The van der Waals surface area contributed by atoms with Gasteiger partial charge in [-0.3, -0.25) is 9.69 Å². The maximum atomic E-state index is 11.2. The van der Waals surface area contributed by atoms with E-state index in [0.717, 1.165) is 25.2 Å². The molecule has 18 heavy (non-hydrogen) atoms. The number of rotatable bonds is 7. The predicted octanol–water partition coefficient (Wildman–Crippen LogP) is 2.55. The van der Waals surface area contributed by atoms with Crippen LogP contribution < -0.4 is 5.32 Å². The molecule has 1 rings (SSSR count). The summed E-state index contributed by atoms with van der Waals surface area (Å²) >= 11 is 0. The molecule has 3 nitrogen and oxygen atoms in total. The minimum absolute atomic E-state index is 0.0993. The van der Waals surface area contributed by atoms with Gasteiger partial charge in [0.05, 0.1) is 0 Å². The molecule has 1 aromatic rings. The van der Waals surface area contributed by atoms with Gasteiger partial charge in [0.15, 0.2) is 0 Å². The lowest BCUT2D eigenvalue weighted by Gasteiger charge is -2.18. The Morgan fingerprint density at radius 1 is 1.06 bits per heavy atom. The Morgan fingerprint density at radius 2 is 1.61 bits per heavy atom. The summed E-state index contributed by atoms with van der Waals surface area (Å²) in [5, 5.41) is 2.88. The van der Waals surface area contributed by atoms with Crippen LogP contribution in [0.15, 0.2) is 24.3 Å². The minimum atomic E-state index is 0.0993. The highest BCUT2D eigenvalue weighted by Gasteiger charge is 2.02. The lowest BCUT2D eigenvalue weighted by Crippen LogP contribution is -2.22. The molecule has 0 heterocycles. The quantitative estimate of drug-likeness (QED) is 0.804. The highest BCUT2D eigenvalue weighted by atomic mass is 16.1. The molecule has 0 bridgehead atoms. The van der Waals surface area contributed by atoms with Crippen molar-refractivity contribution in [3.63, 3.8) is 0 Å². The van der Waals surface area contributed by atoms with E-state index in [1.807, 2.05) is 6.92 Å². The second kappa shape index (κ2) is 7.88. The van der Waals surface area contributed by atoms with Crippen LogP contribution in [0, 0.1) is 0 Å². The summed E-state index contributed by atoms with van der Waals surface area (Å²) in [4.78, 5) is 13.5. The number of nitrogens with one attached hydrogen (secondary N) is 1. The van der Waals surface area contributed by atoms with Gasteiger partial charge in [-0.2, -0.15) is 0 Å². The standard InChI is InChI=1S/C15H24N2O/c1-4-15(18)16-11-13-7-9-14(10-8-13)12-17(5-2)6-3/h7-10H,4-6,11-12H2,1-3H3,(H,16,18). The zero-order chi connectivity index (χ0) is 13.4. The largest absolute Gasteiger partial charge is 0.352 e. The maximum absolute atomic E-state index is 11.2. The van der Waals surface area contributed by atoms with Gasteiger partial charge in [0, 0.05) is 19.5 Å². The SMILES string of the molecule is CCC(=O)NCc1ccc(CN(CC)CC)cc1. The zero-order valence-electron chi connectivity index (χ0n) is 11.7. The smallest absolute Gasteiger partial charge is 0.219 e. The Labute approximate surface area is 110 Å². The van der Waals surface area contributed by atoms with E-state index in [1.165, 1.54) is 5.56 Å². The Bertz CT molecular complexity index is 355. The predicted molar refractivity (Wildman–Crippen MR) is 75.2 cm³/mol. The van der Waals surface area contributed by atoms with Gasteiger partial charge in [-0.1, -0.05) is 45.0 Å². The van der Waals surface area contributed by atoms with Gasteiger partial charge in [-0.15, -0.1) is 0 Å². The first-order valence-electron chi connectivity index (χ1n) is 6.76. The summed E-state index contributed by atoms with van der Waals surface area (Å²) < 4.78 is 0. The van der Waals surface area contributed by atoms with Gasteiger partial charge >= 0.3 is 0 Å². The fourth-order valence-corrected chi connectivity index (χ4v) is 1.79. The van der Waals surface area contributed by atoms with Crippen molar-refractivity contribution in [1.29, 1.82) is 0 Å². The Balaban J connectivity index is 2.49. The second-order valence-corrected chi connectivity index (χ2v) is 4.41. The van der Waals surface area contributed by atoms with Crippen molar-refractivity contribution < 1.29 is 4.79 Å². The first kappa shape index (κ1) is 14.7. The summed E-state index contributed by atoms with van der Waals surface area (Å²) in [6.45, 7) is 9.99. The fraction of sp³-hybridized carbons (Fsp3) is 0.533. The first-order valence-corrected chi connectivity index (χ1v) is 6.76. The lowest BCUT2D eigenvalue weighted by atomic mass is 10.1. The minimum Gasteiger partial charge on any atom is -0.352 e. The summed E-state index contributed by atoms with van der Waals surface area (Å²) in [7, 11) is 0. The monoisotopic (exact) mass is 248 g/mol. The van der Waals surface area contributed by atoms with Gasteiger partial charge in [0.2, 0.25) is 5.91 Å². The topological polar surface area (TPSA) is 32.3 Å². The van der Waals surface area contributed by atoms with Gasteiger partial charge in [-0.25, -0.2) is 0 Å². The molecule has 1 aromatic carbocycles. The molecule has 0 saturated heterocycles. The zero-order valence-corrected chi connectivity index (χ0v) is 11.7. The average molecular weight is 248 g/mol. The molecule has 3 heteroatoms. The van der Waals surface area contributed by atoms with Gasteiger partial charge in [-0.05, 0) is 24.2 Å². The van der Waals surface area contributed by atoms with Gasteiger partial charge in [0.1, 0.15) is 0 Å². The Hall–Kier alpha value is -1.35. The number of carbonyl (C=O) groups excluding carboxylic acids is 1. The molecule has 0 fully saturated rings. The molecule has 1 amide bonds. The fourth-order valence-electron chi connectivity index (χ4n) is 1.79. The van der Waals surface area contributed by atoms with Crippen LogP contribution in [-0.2, 0) is 17.9 Å². The summed E-state index contributed by atoms with van der Waals surface area (Å²) in [6, 6.07) is 8.47. The van der Waals surface area contributed by atoms with Crippen LogP contribution in [0.4, 0.5) is 0 Å². The number of hydrogen-bond donors (Lipinski definition) is 1. The average Bonchev–Trinajstić information content (AvgIpc) is 2.43. The van der Waals surface area contributed by atoms with Crippen molar-refractivity contribution in [3.05, 3.63) is 35.4 Å². The van der Waals surface area contributed by atoms with Crippen LogP contribution in [0.5, 0.6) is 0 Å². The molecule has 0 aliphatic heterocycles. The van der Waals surface area contributed by atoms with Gasteiger partial charge in [0.25, 0.3) is 0 Å². The van der Waals surface area contributed by atoms with Crippen LogP contribution in [0.3, 0.4) is 0 Å². The summed E-state index contributed by atoms with van der Waals surface area (Å²) in [5.74, 6) is 0.0993. The van der Waals surface area contributed by atoms with Gasteiger partial charge < -0.3 is 5.32 Å². The molecule has 100 valence electrons. The van der Waals surface area contributed by atoms with Crippen molar-refractivity contribution >= 4 is 5.91 Å². The van der Waals surface area contributed by atoms with E-state index < -0.39 is 0 Å². The third-order valence-electron chi connectivity index (χ3n) is 3.13. The number of amides is 1. The lowest BCUT2D eigenvalue weighted by molar-refractivity contribution is -0.120. The second-order valence-electron chi connectivity index (χ2n) is 4.41. The number of carbonyl (C=O) groups is 1. The molecule has 0 atom stereocenters. The highest BCUT2D eigenvalue weighted by molar-refractivity contribution is 5.75. The van der Waals surface area contributed by atoms with Crippen LogP contribution >= 0.6 is 0 Å². The van der Waals surface area contributed by atoms with Crippen LogP contribution in [-0.4, -0.2) is 23.9 Å². The van der Waals surface area contributed by atoms with Crippen LogP contribution in [0.25, 0.3) is 0 Å². The van der Waals surface area contributed by atoms with Crippen LogP contribution in [0.2, 0.25) is 0 Å². The summed E-state index contributed by atoms with van der Waals surface area (Å²) in [5.41, 5.74) is 2.48. The van der Waals surface area contributed by atoms with E-state index >= 15 is 0 Å². The van der Waals surface area contributed by atoms with Crippen molar-refractivity contribution in [1.82, 2.24) is 10.2 Å². The number of hydrogen-bond acceptors (Lipinski definition) is 2. The number of nitrogens with zero attached hydrogens (tertiary/aromatic N) is 1. The van der Waals surface area contributed by atoms with E-state index in [1.54, 1.807) is 0 Å². The molecule has 0 aliphatic carbocycles. The molecule has 0 radical (unpaired) electrons. The molecule has 0 spiro atoms. The van der Waals surface area contributed by atoms with E-state index in [0.29, 0.717) is 13.0 Å². The van der Waals surface area contributed by atoms with Crippen molar-refractivity contribution in [2.75, 3.05) is 13.1 Å². The normalized spacial score (nSPS) is 10.7. The molecular formula is C15H24N2O. The molecule has 0 aliphatic rings. The number of benzene rings is 1. The van der Waals surface area contributed by atoms with Crippen molar-refractivity contribution in [2.24, 2.45) is 0 Å². The molecule has 0 aromatic heterocycles. The van der Waals surface area contributed by atoms with E-state index in [-0.39, 0.29) is 5.91 Å². The van der Waals surface area contributed by atoms with E-state index in [2.05, 4.69) is 48.3 Å². The van der Waals surface area contributed by atoms with E-state index in [9.17, 15) is 4.79 Å².